The molecule has 0 radical (unpaired) electrons. The van der Waals surface area contributed by atoms with Crippen LogP contribution in [-0.4, -0.2) is 48.3 Å². The van der Waals surface area contributed by atoms with Crippen molar-refractivity contribution in [1.82, 2.24) is 4.90 Å². The van der Waals surface area contributed by atoms with Gasteiger partial charge in [0.25, 0.3) is 0 Å². The average molecular weight is 387 g/mol. The van der Waals surface area contributed by atoms with Gasteiger partial charge in [0, 0.05) is 0 Å². The normalized spacial score (nSPS) is 16.3. The number of hydrogen-bond acceptors (Lipinski definition) is 4. The third-order valence-electron chi connectivity index (χ3n) is 3.89. The molecule has 1 amide bonds. The molecule has 0 aliphatic carbocycles. The summed E-state index contributed by atoms with van der Waals surface area (Å²) in [6.07, 6.45) is 1.56. The number of phenols is 2. The van der Waals surface area contributed by atoms with Gasteiger partial charge in [-0.15, -0.1) is 0 Å². The van der Waals surface area contributed by atoms with Gasteiger partial charge < -0.3 is 0 Å². The Hall–Kier alpha value is -2.56. The molecule has 1 fully saturated rings. The first-order chi connectivity index (χ1) is 11.4. The average Bonchev–Trinajstić information content (AvgIpc) is 2.76. The van der Waals surface area contributed by atoms with Crippen molar-refractivity contribution < 1.29 is 15.0 Å². The van der Waals surface area contributed by atoms with Crippen molar-refractivity contribution in [2.75, 3.05) is 11.9 Å². The predicted octanol–water partition coefficient (Wildman–Crippen LogP) is 1.98. The van der Waals surface area contributed by atoms with Crippen LogP contribution in [0.1, 0.15) is 11.1 Å². The van der Waals surface area contributed by atoms with Gasteiger partial charge in [-0.05, 0) is 0 Å². The molecular formula is C18H16N2O3Se. The number of rotatable bonds is 2. The van der Waals surface area contributed by atoms with E-state index >= 15 is 0 Å². The van der Waals surface area contributed by atoms with Crippen LogP contribution in [0.2, 0.25) is 0 Å². The summed E-state index contributed by atoms with van der Waals surface area (Å²) in [5, 5.41) is 19.6. The molecule has 122 valence electrons. The number of para-hydroxylation sites is 1. The number of benzene rings is 2. The molecule has 0 atom stereocenters. The summed E-state index contributed by atoms with van der Waals surface area (Å²) in [5.74, 6) is -0.681. The van der Waals surface area contributed by atoms with Crippen LogP contribution in [0.15, 0.2) is 48.2 Å². The van der Waals surface area contributed by atoms with Crippen molar-refractivity contribution >= 4 is 37.9 Å². The fourth-order valence-electron chi connectivity index (χ4n) is 2.49. The van der Waals surface area contributed by atoms with Crippen molar-refractivity contribution in [1.29, 1.82) is 0 Å². The van der Waals surface area contributed by atoms with Crippen LogP contribution in [0.4, 0.5) is 5.69 Å². The van der Waals surface area contributed by atoms with Gasteiger partial charge in [0.15, 0.2) is 0 Å². The molecule has 1 aliphatic rings. The number of carbonyl (C=O) groups excluding carboxylic acids is 1. The molecule has 2 aromatic rings. The molecule has 6 heteroatoms. The van der Waals surface area contributed by atoms with Gasteiger partial charge in [0.05, 0.1) is 0 Å². The quantitative estimate of drug-likeness (QED) is 0.470. The Balaban J connectivity index is 2.03. The van der Waals surface area contributed by atoms with Crippen molar-refractivity contribution in [2.24, 2.45) is 0 Å². The van der Waals surface area contributed by atoms with Gasteiger partial charge in [-0.3, -0.25) is 0 Å². The predicted molar refractivity (Wildman–Crippen MR) is 94.9 cm³/mol. The second-order valence-corrected chi connectivity index (χ2v) is 6.33. The van der Waals surface area contributed by atoms with E-state index in [1.165, 1.54) is 6.07 Å². The summed E-state index contributed by atoms with van der Waals surface area (Å²) in [5.41, 5.74) is 2.64. The molecule has 3 rings (SSSR count). The van der Waals surface area contributed by atoms with Gasteiger partial charge in [0.1, 0.15) is 0 Å². The van der Waals surface area contributed by atoms with E-state index in [9.17, 15) is 15.0 Å². The van der Waals surface area contributed by atoms with E-state index < -0.39 is 0 Å². The summed E-state index contributed by atoms with van der Waals surface area (Å²) in [7, 11) is 1.77. The Morgan fingerprint density at radius 2 is 1.75 bits per heavy atom. The molecule has 0 aromatic heterocycles. The van der Waals surface area contributed by atoms with Crippen LogP contribution in [0, 0.1) is 6.92 Å². The van der Waals surface area contributed by atoms with Crippen molar-refractivity contribution in [3.63, 3.8) is 0 Å². The molecule has 1 heterocycles. The van der Waals surface area contributed by atoms with Gasteiger partial charge in [0.2, 0.25) is 0 Å². The topological polar surface area (TPSA) is 64.0 Å². The van der Waals surface area contributed by atoms with Crippen LogP contribution < -0.4 is 4.90 Å². The molecule has 1 aliphatic heterocycles. The van der Waals surface area contributed by atoms with Crippen LogP contribution >= 0.6 is 0 Å². The number of aryl methyl sites for hydroxylation is 1. The third-order valence-corrected chi connectivity index (χ3v) is 4.85. The van der Waals surface area contributed by atoms with Gasteiger partial charge in [-0.25, -0.2) is 0 Å². The van der Waals surface area contributed by atoms with Crippen molar-refractivity contribution in [2.45, 2.75) is 6.92 Å². The number of hydrogen-bond donors (Lipinski definition) is 2. The number of phenolic OH excluding ortho intramolecular Hbond substituents is 2. The SMILES string of the molecule is Cc1ccc(N2C(=O)/C(=C\c3cccc(O)c3O)N(C)C2=[Se])cc1. The molecule has 0 spiro atoms. The van der Waals surface area contributed by atoms with E-state index in [-0.39, 0.29) is 17.4 Å². The molecule has 2 N–H and O–H groups in total. The summed E-state index contributed by atoms with van der Waals surface area (Å²) in [4.78, 5) is 16.1. The van der Waals surface area contributed by atoms with E-state index in [2.05, 4.69) is 15.6 Å². The van der Waals surface area contributed by atoms with E-state index in [1.54, 1.807) is 35.1 Å². The first-order valence-corrected chi connectivity index (χ1v) is 8.17. The monoisotopic (exact) mass is 388 g/mol. The zero-order valence-corrected chi connectivity index (χ0v) is 14.9. The number of likely N-dealkylation sites (N-methyl/N-ethyl adjacent to an activating group) is 1. The zero-order valence-electron chi connectivity index (χ0n) is 13.2. The first kappa shape index (κ1) is 16.3. The Kier molecular flexibility index (Phi) is 4.18. The molecule has 0 unspecified atom stereocenters. The number of amides is 1. The summed E-state index contributed by atoms with van der Waals surface area (Å²) in [6.45, 7) is 1.99. The van der Waals surface area contributed by atoms with E-state index in [4.69, 9.17) is 0 Å². The number of nitrogens with zero attached hydrogens (tertiary/aromatic N) is 2. The van der Waals surface area contributed by atoms with Gasteiger partial charge in [-0.1, -0.05) is 0 Å². The van der Waals surface area contributed by atoms with Gasteiger partial charge >= 0.3 is 147 Å². The fourth-order valence-corrected chi connectivity index (χ4v) is 3.09. The molecule has 24 heavy (non-hydrogen) atoms. The van der Waals surface area contributed by atoms with Gasteiger partial charge in [-0.2, -0.15) is 0 Å². The molecular weight excluding hydrogens is 371 g/mol. The molecule has 0 saturated carbocycles. The fraction of sp³-hybridized carbons (Fsp3) is 0.111. The van der Waals surface area contributed by atoms with Crippen LogP contribution in [0.5, 0.6) is 11.5 Å². The molecule has 0 bridgehead atoms. The second-order valence-electron chi connectivity index (χ2n) is 5.56. The Bertz CT molecular complexity index is 859. The summed E-state index contributed by atoms with van der Waals surface area (Å²) in [6, 6.07) is 12.3. The number of carbonyl (C=O) groups is 1. The Morgan fingerprint density at radius 3 is 2.42 bits per heavy atom. The zero-order chi connectivity index (χ0) is 17.4. The van der Waals surface area contributed by atoms with E-state index in [0.29, 0.717) is 15.9 Å². The van der Waals surface area contributed by atoms with Crippen LogP contribution in [0.25, 0.3) is 6.08 Å². The number of aromatic hydroxyl groups is 2. The summed E-state index contributed by atoms with van der Waals surface area (Å²) >= 11 is 2.92. The maximum absolute atomic E-state index is 12.8. The van der Waals surface area contributed by atoms with E-state index in [0.717, 1.165) is 11.3 Å². The van der Waals surface area contributed by atoms with Crippen molar-refractivity contribution in [3.8, 4) is 11.5 Å². The first-order valence-electron chi connectivity index (χ1n) is 7.31. The second kappa shape index (κ2) is 6.15. The number of anilines is 1. The van der Waals surface area contributed by atoms with Crippen LogP contribution in [-0.2, 0) is 4.79 Å². The Morgan fingerprint density at radius 1 is 1.08 bits per heavy atom. The minimum atomic E-state index is -0.249. The Labute approximate surface area is 147 Å². The summed E-state index contributed by atoms with van der Waals surface area (Å²) < 4.78 is 0.648. The third kappa shape index (κ3) is 2.70. The molecule has 5 nitrogen and oxygen atoms in total. The van der Waals surface area contributed by atoms with E-state index in [1.807, 2.05) is 31.2 Å². The standard InChI is InChI=1S/C18H16N2O3Se/c1-11-6-8-13(9-7-11)20-17(23)14(19(2)18(20)24)10-12-4-3-5-15(21)16(12)22/h3-10,21-22H,1-2H3/b14-10+. The molecule has 2 aromatic carbocycles. The minimum absolute atomic E-state index is 0.210. The molecule has 1 saturated heterocycles. The maximum atomic E-state index is 12.8. The van der Waals surface area contributed by atoms with Crippen LogP contribution in [0.3, 0.4) is 0 Å². The van der Waals surface area contributed by atoms with Crippen molar-refractivity contribution in [3.05, 3.63) is 59.3 Å².